The summed E-state index contributed by atoms with van der Waals surface area (Å²) in [5.41, 5.74) is 11.5. The Morgan fingerprint density at radius 1 is 0.917 bits per heavy atom. The molecule has 4 atom stereocenters. The SMILES string of the molecule is CC(C)C(N)C(=O)NC(Cc1cnc[nH]1)C(=O)NC(CCC(N)=O)C(=O)NC(CCC(=O)O)C(=O)O. The highest BCUT2D eigenvalue weighted by molar-refractivity contribution is 5.94. The van der Waals surface area contributed by atoms with Gasteiger partial charge in [-0.1, -0.05) is 13.8 Å². The van der Waals surface area contributed by atoms with Crippen molar-refractivity contribution in [1.82, 2.24) is 25.9 Å². The van der Waals surface area contributed by atoms with Crippen LogP contribution in [0.1, 0.15) is 45.2 Å². The van der Waals surface area contributed by atoms with E-state index in [0.717, 1.165) is 0 Å². The van der Waals surface area contributed by atoms with Crippen LogP contribution in [-0.4, -0.2) is 79.9 Å². The molecule has 0 radical (unpaired) electrons. The molecular formula is C21H33N7O8. The molecule has 1 aromatic heterocycles. The molecule has 4 amide bonds. The summed E-state index contributed by atoms with van der Waals surface area (Å²) >= 11 is 0. The van der Waals surface area contributed by atoms with Crippen molar-refractivity contribution in [3.8, 4) is 0 Å². The van der Waals surface area contributed by atoms with E-state index in [1.807, 2.05) is 0 Å². The van der Waals surface area contributed by atoms with E-state index in [1.54, 1.807) is 13.8 Å². The molecule has 0 saturated carbocycles. The number of primary amides is 1. The van der Waals surface area contributed by atoms with Crippen molar-refractivity contribution >= 4 is 35.6 Å². The van der Waals surface area contributed by atoms with Gasteiger partial charge in [0.05, 0.1) is 12.4 Å². The van der Waals surface area contributed by atoms with Crippen LogP contribution in [0.25, 0.3) is 0 Å². The highest BCUT2D eigenvalue weighted by atomic mass is 16.4. The summed E-state index contributed by atoms with van der Waals surface area (Å²) in [6, 6.07) is -5.07. The van der Waals surface area contributed by atoms with Crippen LogP contribution < -0.4 is 27.4 Å². The van der Waals surface area contributed by atoms with Crippen LogP contribution in [0.5, 0.6) is 0 Å². The van der Waals surface area contributed by atoms with Crippen LogP contribution in [0.4, 0.5) is 0 Å². The van der Waals surface area contributed by atoms with Gasteiger partial charge in [0.25, 0.3) is 0 Å². The summed E-state index contributed by atoms with van der Waals surface area (Å²) in [6.07, 6.45) is 1.25. The van der Waals surface area contributed by atoms with Gasteiger partial charge >= 0.3 is 11.9 Å². The van der Waals surface area contributed by atoms with Crippen molar-refractivity contribution in [3.05, 3.63) is 18.2 Å². The van der Waals surface area contributed by atoms with E-state index in [4.69, 9.17) is 16.6 Å². The van der Waals surface area contributed by atoms with E-state index in [0.29, 0.717) is 5.69 Å². The monoisotopic (exact) mass is 511 g/mol. The molecule has 0 saturated heterocycles. The van der Waals surface area contributed by atoms with Crippen molar-refractivity contribution in [2.45, 2.75) is 70.1 Å². The molecule has 10 N–H and O–H groups in total. The second-order valence-corrected chi connectivity index (χ2v) is 8.51. The number of carbonyl (C=O) groups is 6. The Labute approximate surface area is 206 Å². The zero-order valence-corrected chi connectivity index (χ0v) is 20.0. The Bertz CT molecular complexity index is 935. The molecule has 0 bridgehead atoms. The number of carboxylic acids is 2. The van der Waals surface area contributed by atoms with Crippen LogP contribution in [0.15, 0.2) is 12.5 Å². The number of hydrogen-bond acceptors (Lipinski definition) is 8. The van der Waals surface area contributed by atoms with Gasteiger partial charge in [0.1, 0.15) is 18.1 Å². The van der Waals surface area contributed by atoms with Crippen LogP contribution in [0, 0.1) is 5.92 Å². The van der Waals surface area contributed by atoms with Crippen molar-refractivity contribution < 1.29 is 39.0 Å². The first-order chi connectivity index (χ1) is 16.8. The van der Waals surface area contributed by atoms with E-state index < -0.39 is 72.6 Å². The number of amides is 4. The molecule has 0 aliphatic heterocycles. The number of imidazole rings is 1. The summed E-state index contributed by atoms with van der Waals surface area (Å²) in [6.45, 7) is 3.45. The van der Waals surface area contributed by atoms with Crippen molar-refractivity contribution in [2.24, 2.45) is 17.4 Å². The highest BCUT2D eigenvalue weighted by Gasteiger charge is 2.31. The van der Waals surface area contributed by atoms with Gasteiger partial charge in [-0.15, -0.1) is 0 Å². The first-order valence-electron chi connectivity index (χ1n) is 11.2. The van der Waals surface area contributed by atoms with E-state index >= 15 is 0 Å². The van der Waals surface area contributed by atoms with Crippen molar-refractivity contribution in [3.63, 3.8) is 0 Å². The third kappa shape index (κ3) is 10.5. The molecule has 36 heavy (non-hydrogen) atoms. The van der Waals surface area contributed by atoms with Crippen molar-refractivity contribution in [1.29, 1.82) is 0 Å². The lowest BCUT2D eigenvalue weighted by Gasteiger charge is -2.25. The number of rotatable bonds is 16. The fourth-order valence-electron chi connectivity index (χ4n) is 3.02. The summed E-state index contributed by atoms with van der Waals surface area (Å²) in [7, 11) is 0. The Morgan fingerprint density at radius 3 is 1.97 bits per heavy atom. The fourth-order valence-corrected chi connectivity index (χ4v) is 3.02. The van der Waals surface area contributed by atoms with Gasteiger partial charge in [0, 0.05) is 31.2 Å². The van der Waals surface area contributed by atoms with Crippen LogP contribution in [0.2, 0.25) is 0 Å². The topological polar surface area (TPSA) is 260 Å². The summed E-state index contributed by atoms with van der Waals surface area (Å²) in [5.74, 6) is -6.12. The second-order valence-electron chi connectivity index (χ2n) is 8.51. The first kappa shape index (κ1) is 30.0. The lowest BCUT2D eigenvalue weighted by atomic mass is 10.0. The second kappa shape index (κ2) is 14.4. The van der Waals surface area contributed by atoms with Gasteiger partial charge in [0.15, 0.2) is 0 Å². The molecule has 0 aliphatic rings. The molecular weight excluding hydrogens is 478 g/mol. The first-order valence-corrected chi connectivity index (χ1v) is 11.2. The standard InChI is InChI=1S/C21H33N7O8/c1-10(2)17(23)20(34)28-14(7-11-8-24-9-25-11)19(33)26-12(3-5-15(22)29)18(32)27-13(21(35)36)4-6-16(30)31/h8-10,12-14,17H,3-7,23H2,1-2H3,(H2,22,29)(H,24,25)(H,26,33)(H,27,32)(H,28,34)(H,30,31)(H,35,36). The molecule has 1 heterocycles. The number of nitrogens with zero attached hydrogens (tertiary/aromatic N) is 1. The van der Waals surface area contributed by atoms with E-state index in [-0.39, 0.29) is 25.2 Å². The molecule has 0 aromatic carbocycles. The Hall–Kier alpha value is -4.01. The van der Waals surface area contributed by atoms with Crippen LogP contribution in [-0.2, 0) is 35.2 Å². The number of aromatic amines is 1. The maximum Gasteiger partial charge on any atom is 0.326 e. The third-order valence-electron chi connectivity index (χ3n) is 5.21. The van der Waals surface area contributed by atoms with Gasteiger partial charge < -0.3 is 42.6 Å². The largest absolute Gasteiger partial charge is 0.481 e. The molecule has 0 fully saturated rings. The zero-order valence-electron chi connectivity index (χ0n) is 20.0. The average molecular weight is 512 g/mol. The summed E-state index contributed by atoms with van der Waals surface area (Å²) < 4.78 is 0. The van der Waals surface area contributed by atoms with Gasteiger partial charge in [0.2, 0.25) is 23.6 Å². The van der Waals surface area contributed by atoms with E-state index in [2.05, 4.69) is 25.9 Å². The minimum Gasteiger partial charge on any atom is -0.481 e. The fraction of sp³-hybridized carbons (Fsp3) is 0.571. The smallest absolute Gasteiger partial charge is 0.326 e. The number of nitrogens with two attached hydrogens (primary N) is 2. The number of H-pyrrole nitrogens is 1. The molecule has 1 aromatic rings. The van der Waals surface area contributed by atoms with Gasteiger partial charge in [-0.05, 0) is 18.8 Å². The number of aliphatic carboxylic acids is 2. The molecule has 0 spiro atoms. The highest BCUT2D eigenvalue weighted by Crippen LogP contribution is 2.06. The van der Waals surface area contributed by atoms with Gasteiger partial charge in [-0.2, -0.15) is 0 Å². The number of nitrogens with one attached hydrogen (secondary N) is 4. The maximum atomic E-state index is 13.1. The van der Waals surface area contributed by atoms with Gasteiger partial charge in [-0.25, -0.2) is 9.78 Å². The summed E-state index contributed by atoms with van der Waals surface area (Å²) in [4.78, 5) is 78.6. The van der Waals surface area contributed by atoms with Crippen LogP contribution in [0.3, 0.4) is 0 Å². The Morgan fingerprint density at radius 2 is 1.47 bits per heavy atom. The zero-order chi connectivity index (χ0) is 27.4. The number of aromatic nitrogens is 2. The minimum absolute atomic E-state index is 0.0388. The Kier molecular flexibility index (Phi) is 12.0. The Balaban J connectivity index is 3.08. The normalized spacial score (nSPS) is 14.2. The predicted molar refractivity (Wildman–Crippen MR) is 124 cm³/mol. The average Bonchev–Trinajstić information content (AvgIpc) is 3.30. The summed E-state index contributed by atoms with van der Waals surface area (Å²) in [5, 5.41) is 25.2. The minimum atomic E-state index is -1.55. The lowest BCUT2D eigenvalue weighted by molar-refractivity contribution is -0.143. The number of carboxylic acid groups (broad SMARTS) is 2. The van der Waals surface area contributed by atoms with E-state index in [1.165, 1.54) is 12.5 Å². The van der Waals surface area contributed by atoms with E-state index in [9.17, 15) is 33.9 Å². The van der Waals surface area contributed by atoms with Crippen molar-refractivity contribution in [2.75, 3.05) is 0 Å². The molecule has 0 aliphatic carbocycles. The predicted octanol–water partition coefficient (Wildman–Crippen LogP) is -2.40. The molecule has 15 nitrogen and oxygen atoms in total. The van der Waals surface area contributed by atoms with Gasteiger partial charge in [-0.3, -0.25) is 24.0 Å². The quantitative estimate of drug-likeness (QED) is 0.117. The maximum absolute atomic E-state index is 13.1. The lowest BCUT2D eigenvalue weighted by Crippen LogP contribution is -2.58. The molecule has 4 unspecified atom stereocenters. The molecule has 15 heteroatoms. The molecule has 1 rings (SSSR count). The number of carbonyl (C=O) groups excluding carboxylic acids is 4. The number of hydrogen-bond donors (Lipinski definition) is 8. The third-order valence-corrected chi connectivity index (χ3v) is 5.21. The molecule has 200 valence electrons. The van der Waals surface area contributed by atoms with Crippen LogP contribution >= 0.6 is 0 Å².